The molecule has 0 radical (unpaired) electrons. The standard InChI is InChI=1S/C12H17NO/c1-9(13-14)10-7-5-6-8-11(10)12(2,3)4/h5-8,14H,1-4H3/b13-9+. The zero-order valence-corrected chi connectivity index (χ0v) is 9.20. The molecule has 0 aromatic heterocycles. The molecule has 2 nitrogen and oxygen atoms in total. The van der Waals surface area contributed by atoms with Gasteiger partial charge >= 0.3 is 0 Å². The fourth-order valence-electron chi connectivity index (χ4n) is 1.51. The lowest BCUT2D eigenvalue weighted by molar-refractivity contribution is 0.319. The highest BCUT2D eigenvalue weighted by Gasteiger charge is 2.18. The third-order valence-corrected chi connectivity index (χ3v) is 2.27. The van der Waals surface area contributed by atoms with E-state index >= 15 is 0 Å². The van der Waals surface area contributed by atoms with Crippen LogP contribution in [0.15, 0.2) is 29.4 Å². The van der Waals surface area contributed by atoms with Crippen LogP contribution in [0.4, 0.5) is 0 Å². The maximum Gasteiger partial charge on any atom is 0.0839 e. The first-order chi connectivity index (χ1) is 6.46. The van der Waals surface area contributed by atoms with Crippen LogP contribution in [0.3, 0.4) is 0 Å². The highest BCUT2D eigenvalue weighted by Crippen LogP contribution is 2.25. The number of rotatable bonds is 1. The molecular formula is C12H17NO. The van der Waals surface area contributed by atoms with E-state index in [0.717, 1.165) is 5.56 Å². The minimum atomic E-state index is 0.0720. The van der Waals surface area contributed by atoms with E-state index in [-0.39, 0.29) is 5.41 Å². The van der Waals surface area contributed by atoms with E-state index in [1.54, 1.807) is 0 Å². The van der Waals surface area contributed by atoms with Gasteiger partial charge in [-0.1, -0.05) is 50.2 Å². The fraction of sp³-hybridized carbons (Fsp3) is 0.417. The largest absolute Gasteiger partial charge is 0.411 e. The van der Waals surface area contributed by atoms with Crippen molar-refractivity contribution in [3.63, 3.8) is 0 Å². The van der Waals surface area contributed by atoms with Gasteiger partial charge in [0.15, 0.2) is 0 Å². The topological polar surface area (TPSA) is 32.6 Å². The summed E-state index contributed by atoms with van der Waals surface area (Å²) in [6.07, 6.45) is 0. The lowest BCUT2D eigenvalue weighted by atomic mass is 9.83. The first-order valence-corrected chi connectivity index (χ1v) is 4.75. The normalized spacial score (nSPS) is 13.0. The Labute approximate surface area is 85.3 Å². The predicted octanol–water partition coefficient (Wildman–Crippen LogP) is 3.18. The molecule has 0 spiro atoms. The van der Waals surface area contributed by atoms with Gasteiger partial charge in [-0.2, -0.15) is 0 Å². The summed E-state index contributed by atoms with van der Waals surface area (Å²) in [7, 11) is 0. The molecule has 1 aromatic carbocycles. The molecule has 1 N–H and O–H groups in total. The highest BCUT2D eigenvalue weighted by molar-refractivity contribution is 5.99. The van der Waals surface area contributed by atoms with Gasteiger partial charge in [-0.25, -0.2) is 0 Å². The molecule has 0 aliphatic rings. The number of hydrogen-bond donors (Lipinski definition) is 1. The Kier molecular flexibility index (Phi) is 2.94. The van der Waals surface area contributed by atoms with Crippen molar-refractivity contribution in [1.29, 1.82) is 0 Å². The average molecular weight is 191 g/mol. The quantitative estimate of drug-likeness (QED) is 0.412. The maximum absolute atomic E-state index is 8.77. The number of hydrogen-bond acceptors (Lipinski definition) is 2. The van der Waals surface area contributed by atoms with Crippen molar-refractivity contribution in [3.05, 3.63) is 35.4 Å². The molecule has 0 aliphatic carbocycles. The Morgan fingerprint density at radius 2 is 1.79 bits per heavy atom. The second-order valence-corrected chi connectivity index (χ2v) is 4.48. The molecule has 0 atom stereocenters. The summed E-state index contributed by atoms with van der Waals surface area (Å²) < 4.78 is 0. The monoisotopic (exact) mass is 191 g/mol. The lowest BCUT2D eigenvalue weighted by Gasteiger charge is -2.22. The SMILES string of the molecule is C/C(=N\O)c1ccccc1C(C)(C)C. The zero-order valence-electron chi connectivity index (χ0n) is 9.20. The van der Waals surface area contributed by atoms with Crippen molar-refractivity contribution in [3.8, 4) is 0 Å². The first-order valence-electron chi connectivity index (χ1n) is 4.75. The van der Waals surface area contributed by atoms with E-state index < -0.39 is 0 Å². The minimum absolute atomic E-state index is 0.0720. The molecule has 2 heteroatoms. The van der Waals surface area contributed by atoms with Crippen molar-refractivity contribution in [2.75, 3.05) is 0 Å². The Hall–Kier alpha value is -1.31. The minimum Gasteiger partial charge on any atom is -0.411 e. The molecular weight excluding hydrogens is 174 g/mol. The van der Waals surface area contributed by atoms with Crippen molar-refractivity contribution in [1.82, 2.24) is 0 Å². The van der Waals surface area contributed by atoms with Gasteiger partial charge in [0, 0.05) is 5.56 Å². The molecule has 0 saturated heterocycles. The van der Waals surface area contributed by atoms with Crippen LogP contribution >= 0.6 is 0 Å². The van der Waals surface area contributed by atoms with Gasteiger partial charge in [0.2, 0.25) is 0 Å². The summed E-state index contributed by atoms with van der Waals surface area (Å²) in [4.78, 5) is 0. The molecule has 0 unspecified atom stereocenters. The van der Waals surface area contributed by atoms with Gasteiger partial charge < -0.3 is 5.21 Å². The van der Waals surface area contributed by atoms with Crippen LogP contribution in [-0.2, 0) is 5.41 Å². The Bertz CT molecular complexity index is 348. The zero-order chi connectivity index (χ0) is 10.8. The maximum atomic E-state index is 8.77. The molecule has 0 fully saturated rings. The van der Waals surface area contributed by atoms with E-state index in [9.17, 15) is 0 Å². The van der Waals surface area contributed by atoms with Gasteiger partial charge in [-0.3, -0.25) is 0 Å². The molecule has 0 bridgehead atoms. The Balaban J connectivity index is 3.31. The van der Waals surface area contributed by atoms with Crippen molar-refractivity contribution in [2.45, 2.75) is 33.1 Å². The van der Waals surface area contributed by atoms with Gasteiger partial charge in [-0.05, 0) is 17.9 Å². The molecule has 1 rings (SSSR count). The van der Waals surface area contributed by atoms with E-state index in [1.807, 2.05) is 25.1 Å². The van der Waals surface area contributed by atoms with Crippen molar-refractivity contribution in [2.24, 2.45) is 5.16 Å². The molecule has 76 valence electrons. The van der Waals surface area contributed by atoms with Crippen LogP contribution < -0.4 is 0 Å². The van der Waals surface area contributed by atoms with Crippen molar-refractivity contribution < 1.29 is 5.21 Å². The molecule has 1 aromatic rings. The molecule has 0 amide bonds. The third-order valence-electron chi connectivity index (χ3n) is 2.27. The van der Waals surface area contributed by atoms with Crippen LogP contribution in [0.5, 0.6) is 0 Å². The molecule has 0 heterocycles. The lowest BCUT2D eigenvalue weighted by Crippen LogP contribution is -2.16. The van der Waals surface area contributed by atoms with Crippen LogP contribution in [-0.4, -0.2) is 10.9 Å². The number of oxime groups is 1. The second kappa shape index (κ2) is 3.82. The van der Waals surface area contributed by atoms with Gasteiger partial charge in [0.25, 0.3) is 0 Å². The summed E-state index contributed by atoms with van der Waals surface area (Å²) in [6, 6.07) is 8.02. The van der Waals surface area contributed by atoms with Gasteiger partial charge in [-0.15, -0.1) is 0 Å². The Morgan fingerprint density at radius 1 is 1.21 bits per heavy atom. The first kappa shape index (κ1) is 10.8. The summed E-state index contributed by atoms with van der Waals surface area (Å²) in [5.41, 5.74) is 2.95. The predicted molar refractivity (Wildman–Crippen MR) is 59.1 cm³/mol. The fourth-order valence-corrected chi connectivity index (χ4v) is 1.51. The van der Waals surface area contributed by atoms with E-state index in [0.29, 0.717) is 5.71 Å². The summed E-state index contributed by atoms with van der Waals surface area (Å²) in [5, 5.41) is 12.0. The number of nitrogens with zero attached hydrogens (tertiary/aromatic N) is 1. The second-order valence-electron chi connectivity index (χ2n) is 4.48. The highest BCUT2D eigenvalue weighted by atomic mass is 16.4. The third kappa shape index (κ3) is 2.13. The molecule has 14 heavy (non-hydrogen) atoms. The summed E-state index contributed by atoms with van der Waals surface area (Å²) >= 11 is 0. The van der Waals surface area contributed by atoms with Crippen molar-refractivity contribution >= 4 is 5.71 Å². The van der Waals surface area contributed by atoms with Gasteiger partial charge in [0.05, 0.1) is 5.71 Å². The van der Waals surface area contributed by atoms with Gasteiger partial charge in [0.1, 0.15) is 0 Å². The molecule has 0 aliphatic heterocycles. The summed E-state index contributed by atoms with van der Waals surface area (Å²) in [6.45, 7) is 8.26. The summed E-state index contributed by atoms with van der Waals surface area (Å²) in [5.74, 6) is 0. The molecule has 0 saturated carbocycles. The smallest absolute Gasteiger partial charge is 0.0839 e. The van der Waals surface area contributed by atoms with Crippen LogP contribution in [0.25, 0.3) is 0 Å². The van der Waals surface area contributed by atoms with E-state index in [2.05, 4.69) is 32.0 Å². The Morgan fingerprint density at radius 3 is 2.29 bits per heavy atom. The number of benzene rings is 1. The average Bonchev–Trinajstić information content (AvgIpc) is 2.15. The van der Waals surface area contributed by atoms with E-state index in [1.165, 1.54) is 5.56 Å². The van der Waals surface area contributed by atoms with E-state index in [4.69, 9.17) is 5.21 Å². The van der Waals surface area contributed by atoms with Crippen LogP contribution in [0.2, 0.25) is 0 Å². The van der Waals surface area contributed by atoms with Crippen LogP contribution in [0, 0.1) is 0 Å². The van der Waals surface area contributed by atoms with Crippen LogP contribution in [0.1, 0.15) is 38.8 Å².